The fourth-order valence-corrected chi connectivity index (χ4v) is 9.14. The van der Waals surface area contributed by atoms with Crippen molar-refractivity contribution in [3.05, 3.63) is 150 Å². The molecule has 2 fully saturated rings. The minimum Gasteiger partial charge on any atom is -0.479 e. The largest absolute Gasteiger partial charge is 0.479 e. The summed E-state index contributed by atoms with van der Waals surface area (Å²) in [6.07, 6.45) is 7.50. The number of rotatable bonds is 9. The molecule has 2 nitrogen and oxygen atoms in total. The van der Waals surface area contributed by atoms with Gasteiger partial charge in [0.2, 0.25) is 0 Å². The third kappa shape index (κ3) is 5.98. The summed E-state index contributed by atoms with van der Waals surface area (Å²) in [5.74, 6) is -0.267. The average molecular weight is 620 g/mol. The Kier molecular flexibility index (Phi) is 8.37. The first-order chi connectivity index (χ1) is 22.1. The van der Waals surface area contributed by atoms with Crippen LogP contribution in [0.3, 0.4) is 0 Å². The van der Waals surface area contributed by atoms with E-state index in [4.69, 9.17) is 9.47 Å². The molecule has 0 aliphatic heterocycles. The molecule has 0 bridgehead atoms. The molecule has 5 aromatic carbocycles. The van der Waals surface area contributed by atoms with Crippen molar-refractivity contribution < 1.29 is 18.3 Å². The van der Waals surface area contributed by atoms with E-state index in [0.29, 0.717) is 0 Å². The Balaban J connectivity index is 1.28. The number of hydrogen-bond acceptors (Lipinski definition) is 2. The Labute approximate surface area is 267 Å². The third-order valence-electron chi connectivity index (χ3n) is 9.29. The van der Waals surface area contributed by atoms with Crippen molar-refractivity contribution in [2.75, 3.05) is 0 Å². The summed E-state index contributed by atoms with van der Waals surface area (Å²) in [7, 11) is -0.667. The van der Waals surface area contributed by atoms with Gasteiger partial charge in [-0.2, -0.15) is 0 Å². The minimum atomic E-state index is -0.667. The van der Waals surface area contributed by atoms with Crippen LogP contribution in [0.25, 0.3) is 0 Å². The van der Waals surface area contributed by atoms with E-state index in [1.807, 2.05) is 78.9 Å². The predicted octanol–water partition coefficient (Wildman–Crippen LogP) is 10.8. The van der Waals surface area contributed by atoms with Crippen LogP contribution in [0.5, 0.6) is 11.5 Å². The Morgan fingerprint density at radius 3 is 1.22 bits per heavy atom. The number of benzene rings is 5. The van der Waals surface area contributed by atoms with Crippen LogP contribution >= 0.6 is 0 Å². The van der Waals surface area contributed by atoms with Crippen LogP contribution < -0.4 is 9.47 Å². The van der Waals surface area contributed by atoms with E-state index < -0.39 is 22.1 Å². The van der Waals surface area contributed by atoms with Gasteiger partial charge in [-0.3, -0.25) is 0 Å². The van der Waals surface area contributed by atoms with Crippen molar-refractivity contribution in [2.24, 2.45) is 0 Å². The summed E-state index contributed by atoms with van der Waals surface area (Å²) in [5, 5.41) is 0. The first-order valence-corrected chi connectivity index (χ1v) is 17.2. The van der Waals surface area contributed by atoms with Gasteiger partial charge < -0.3 is 9.47 Å². The molecule has 5 aromatic rings. The standard InChI is InChI=1S/C40H37F2O2S/c41-35-22-20-33(28-37(35)43-39(24-10-11-25-39)30-14-4-1-5-15-30)45(32-18-8-3-9-19-32)34-21-23-36(42)38(29-34)44-40(26-12-13-27-40)31-16-6-2-7-17-31/h1-9,14-23,28-29H,10-13,24-27H2/q+1. The predicted molar refractivity (Wildman–Crippen MR) is 176 cm³/mol. The molecule has 45 heavy (non-hydrogen) atoms. The Morgan fingerprint density at radius 1 is 0.444 bits per heavy atom. The highest BCUT2D eigenvalue weighted by molar-refractivity contribution is 7.97. The van der Waals surface area contributed by atoms with Gasteiger partial charge in [0.15, 0.2) is 37.8 Å². The van der Waals surface area contributed by atoms with Crippen LogP contribution in [0.15, 0.2) is 142 Å². The lowest BCUT2D eigenvalue weighted by Crippen LogP contribution is -2.30. The molecule has 0 heterocycles. The fraction of sp³-hybridized carbons (Fsp3) is 0.250. The first-order valence-electron chi connectivity index (χ1n) is 15.9. The molecular weight excluding hydrogens is 583 g/mol. The highest BCUT2D eigenvalue weighted by Crippen LogP contribution is 2.46. The minimum absolute atomic E-state index is 0.249. The highest BCUT2D eigenvalue weighted by atomic mass is 32.2. The summed E-state index contributed by atoms with van der Waals surface area (Å²) >= 11 is 0. The van der Waals surface area contributed by atoms with Gasteiger partial charge >= 0.3 is 0 Å². The maximum Gasteiger partial charge on any atom is 0.170 e. The molecule has 0 atom stereocenters. The van der Waals surface area contributed by atoms with E-state index >= 15 is 8.78 Å². The van der Waals surface area contributed by atoms with Crippen LogP contribution in [-0.2, 0) is 22.1 Å². The zero-order valence-electron chi connectivity index (χ0n) is 25.3. The van der Waals surface area contributed by atoms with E-state index in [-0.39, 0.29) is 23.1 Å². The number of halogens is 2. The van der Waals surface area contributed by atoms with Gasteiger partial charge in [0.05, 0.1) is 10.9 Å². The van der Waals surface area contributed by atoms with Crippen molar-refractivity contribution in [3.63, 3.8) is 0 Å². The molecule has 7 rings (SSSR count). The topological polar surface area (TPSA) is 18.5 Å². The Hall–Kier alpha value is -4.09. The summed E-state index contributed by atoms with van der Waals surface area (Å²) in [5.41, 5.74) is 1.04. The van der Waals surface area contributed by atoms with Crippen LogP contribution in [0.4, 0.5) is 8.78 Å². The second-order valence-corrected chi connectivity index (χ2v) is 14.2. The van der Waals surface area contributed by atoms with Gasteiger partial charge in [0, 0.05) is 12.1 Å². The second-order valence-electron chi connectivity index (χ2n) is 12.1. The van der Waals surface area contributed by atoms with Gasteiger partial charge in [-0.1, -0.05) is 78.9 Å². The monoisotopic (exact) mass is 619 g/mol. The van der Waals surface area contributed by atoms with E-state index in [0.717, 1.165) is 77.2 Å². The van der Waals surface area contributed by atoms with Crippen LogP contribution in [-0.4, -0.2) is 0 Å². The molecule has 5 heteroatoms. The van der Waals surface area contributed by atoms with Gasteiger partial charge in [-0.15, -0.1) is 0 Å². The van der Waals surface area contributed by atoms with Crippen molar-refractivity contribution in [1.82, 2.24) is 0 Å². The third-order valence-corrected chi connectivity index (χ3v) is 11.5. The lowest BCUT2D eigenvalue weighted by atomic mass is 9.92. The van der Waals surface area contributed by atoms with E-state index in [1.165, 1.54) is 12.1 Å². The Bertz CT molecular complexity index is 1620. The van der Waals surface area contributed by atoms with Gasteiger partial charge in [-0.05, 0) is 98.9 Å². The molecular formula is C40H37F2O2S+. The zero-order chi connectivity index (χ0) is 30.7. The zero-order valence-corrected chi connectivity index (χ0v) is 26.1. The highest BCUT2D eigenvalue weighted by Gasteiger charge is 2.41. The lowest BCUT2D eigenvalue weighted by Gasteiger charge is -2.31. The summed E-state index contributed by atoms with van der Waals surface area (Å²) in [4.78, 5) is 2.84. The molecule has 0 amide bonds. The molecule has 2 aliphatic rings. The molecule has 0 N–H and O–H groups in total. The number of hydrogen-bond donors (Lipinski definition) is 0. The smallest absolute Gasteiger partial charge is 0.170 e. The number of ether oxygens (including phenoxy) is 2. The maximum absolute atomic E-state index is 15.5. The van der Waals surface area contributed by atoms with Crippen molar-refractivity contribution in [3.8, 4) is 11.5 Å². The summed E-state index contributed by atoms with van der Waals surface area (Å²) in [6.45, 7) is 0. The maximum atomic E-state index is 15.5. The SMILES string of the molecule is Fc1ccc([S+](c2ccccc2)c2ccc(F)c(OC3(c4ccccc4)CCCC3)c2)cc1OC1(c2ccccc2)CCCC1. The molecule has 228 valence electrons. The summed E-state index contributed by atoms with van der Waals surface area (Å²) < 4.78 is 44.4. The van der Waals surface area contributed by atoms with Crippen LogP contribution in [0.1, 0.15) is 62.5 Å². The van der Waals surface area contributed by atoms with E-state index in [2.05, 4.69) is 36.4 Å². The normalized spacial score (nSPS) is 17.0. The lowest BCUT2D eigenvalue weighted by molar-refractivity contribution is 0.0686. The molecule has 0 unspecified atom stereocenters. The van der Waals surface area contributed by atoms with Crippen LogP contribution in [0.2, 0.25) is 0 Å². The first kappa shape index (κ1) is 29.6. The van der Waals surface area contributed by atoms with Crippen molar-refractivity contribution in [2.45, 2.75) is 77.3 Å². The van der Waals surface area contributed by atoms with Crippen LogP contribution in [0, 0.1) is 11.6 Å². The molecule has 0 saturated heterocycles. The fourth-order valence-electron chi connectivity index (χ4n) is 7.04. The second kappa shape index (κ2) is 12.7. The van der Waals surface area contributed by atoms with E-state index in [1.54, 1.807) is 0 Å². The molecule has 0 radical (unpaired) electrons. The van der Waals surface area contributed by atoms with Crippen molar-refractivity contribution >= 4 is 10.9 Å². The quantitative estimate of drug-likeness (QED) is 0.153. The molecule has 2 aliphatic carbocycles. The summed E-state index contributed by atoms with van der Waals surface area (Å²) in [6, 6.07) is 40.8. The van der Waals surface area contributed by atoms with Gasteiger partial charge in [-0.25, -0.2) is 8.78 Å². The Morgan fingerprint density at radius 2 is 0.822 bits per heavy atom. The molecule has 2 saturated carbocycles. The van der Waals surface area contributed by atoms with E-state index in [9.17, 15) is 0 Å². The van der Waals surface area contributed by atoms with Crippen molar-refractivity contribution in [1.29, 1.82) is 0 Å². The van der Waals surface area contributed by atoms with Gasteiger partial charge in [0.1, 0.15) is 11.2 Å². The average Bonchev–Trinajstić information content (AvgIpc) is 3.77. The van der Waals surface area contributed by atoms with Gasteiger partial charge in [0.25, 0.3) is 0 Å². The molecule has 0 aromatic heterocycles. The molecule has 0 spiro atoms.